The topological polar surface area (TPSA) is 130 Å². The molecular formula is C40H60O8. The minimum atomic E-state index is -1.94. The molecule has 0 aromatic carbocycles. The molecule has 268 valence electrons. The highest BCUT2D eigenvalue weighted by Crippen LogP contribution is 2.76. The van der Waals surface area contributed by atoms with Crippen molar-refractivity contribution in [3.05, 3.63) is 47.6 Å². The Kier molecular flexibility index (Phi) is 12.4. The lowest BCUT2D eigenvalue weighted by atomic mass is 9.59. The number of hydrogen-bond donors (Lipinski definition) is 3. The first-order valence-corrected chi connectivity index (χ1v) is 18.4. The fraction of sp³-hybridized carbons (Fsp3) is 0.725. The first-order chi connectivity index (χ1) is 22.7. The van der Waals surface area contributed by atoms with Crippen molar-refractivity contribution in [1.82, 2.24) is 0 Å². The molecule has 0 amide bonds. The Morgan fingerprint density at radius 1 is 0.958 bits per heavy atom. The Labute approximate surface area is 287 Å². The van der Waals surface area contributed by atoms with Gasteiger partial charge in [-0.15, -0.1) is 0 Å². The highest BCUT2D eigenvalue weighted by molar-refractivity contribution is 6.04. The minimum absolute atomic E-state index is 0.101. The molecule has 8 atom stereocenters. The number of ether oxygens (including phenoxy) is 2. The van der Waals surface area contributed by atoms with Crippen molar-refractivity contribution in [3.8, 4) is 0 Å². The van der Waals surface area contributed by atoms with Crippen LogP contribution in [0.25, 0.3) is 0 Å². The third kappa shape index (κ3) is 7.18. The fourth-order valence-corrected chi connectivity index (χ4v) is 9.22. The summed E-state index contributed by atoms with van der Waals surface area (Å²) in [7, 11) is 0. The normalized spacial score (nSPS) is 35.0. The molecule has 48 heavy (non-hydrogen) atoms. The van der Waals surface area contributed by atoms with Crippen LogP contribution in [0.15, 0.2) is 47.6 Å². The zero-order valence-electron chi connectivity index (χ0n) is 30.1. The summed E-state index contributed by atoms with van der Waals surface area (Å²) in [5, 5.41) is 36.1. The summed E-state index contributed by atoms with van der Waals surface area (Å²) in [6.45, 7) is 10.5. The predicted octanol–water partition coefficient (Wildman–Crippen LogP) is 6.87. The second-order valence-electron chi connectivity index (χ2n) is 15.5. The van der Waals surface area contributed by atoms with Crippen molar-refractivity contribution in [2.45, 2.75) is 148 Å². The highest BCUT2D eigenvalue weighted by Gasteiger charge is 2.86. The van der Waals surface area contributed by atoms with Crippen LogP contribution in [0.4, 0.5) is 0 Å². The summed E-state index contributed by atoms with van der Waals surface area (Å²) in [5.74, 6) is -4.32. The number of allylic oxidation sites excluding steroid dienone is 4. The van der Waals surface area contributed by atoms with Gasteiger partial charge in [-0.25, -0.2) is 0 Å². The summed E-state index contributed by atoms with van der Waals surface area (Å²) in [6, 6.07) is 0. The summed E-state index contributed by atoms with van der Waals surface area (Å²) in [6.07, 6.45) is 23.4. The molecule has 4 aliphatic rings. The van der Waals surface area contributed by atoms with Crippen LogP contribution in [-0.4, -0.2) is 62.6 Å². The molecule has 3 unspecified atom stereocenters. The number of fused-ring (bicyclic) bond motifs is 5. The molecule has 0 bridgehead atoms. The second kappa shape index (κ2) is 15.6. The summed E-state index contributed by atoms with van der Waals surface area (Å²) in [5.41, 5.74) is -4.68. The molecule has 0 aromatic heterocycles. The fourth-order valence-electron chi connectivity index (χ4n) is 9.22. The van der Waals surface area contributed by atoms with Gasteiger partial charge in [0.2, 0.25) is 0 Å². The smallest absolute Gasteiger partial charge is 0.306 e. The van der Waals surface area contributed by atoms with Crippen LogP contribution >= 0.6 is 0 Å². The molecule has 0 aliphatic heterocycles. The number of carbonyl (C=O) groups is 3. The van der Waals surface area contributed by atoms with Gasteiger partial charge in [-0.3, -0.25) is 14.4 Å². The van der Waals surface area contributed by atoms with Gasteiger partial charge in [0.15, 0.2) is 5.78 Å². The number of ketones is 1. The summed E-state index contributed by atoms with van der Waals surface area (Å²) in [4.78, 5) is 38.4. The van der Waals surface area contributed by atoms with E-state index in [-0.39, 0.29) is 25.4 Å². The van der Waals surface area contributed by atoms with E-state index in [4.69, 9.17) is 9.47 Å². The number of rotatable bonds is 17. The maximum absolute atomic E-state index is 13.4. The molecule has 3 N–H and O–H groups in total. The van der Waals surface area contributed by atoms with E-state index in [1.54, 1.807) is 19.9 Å². The quantitative estimate of drug-likeness (QED) is 0.0871. The molecule has 0 saturated heterocycles. The molecule has 0 heterocycles. The minimum Gasteiger partial charge on any atom is -0.461 e. The molecule has 0 aromatic rings. The van der Waals surface area contributed by atoms with Gasteiger partial charge in [0.05, 0.1) is 11.7 Å². The highest BCUT2D eigenvalue weighted by atomic mass is 16.6. The number of aliphatic hydroxyl groups excluding tert-OH is 1. The lowest BCUT2D eigenvalue weighted by molar-refractivity contribution is -0.218. The second-order valence-corrected chi connectivity index (χ2v) is 15.5. The molecule has 2 saturated carbocycles. The van der Waals surface area contributed by atoms with E-state index >= 15 is 0 Å². The van der Waals surface area contributed by atoms with Gasteiger partial charge in [-0.2, -0.15) is 0 Å². The van der Waals surface area contributed by atoms with Gasteiger partial charge < -0.3 is 24.8 Å². The molecule has 0 spiro atoms. The monoisotopic (exact) mass is 668 g/mol. The standard InChI is InChI=1S/C40H60O8/c1-7-8-9-10-11-12-13-14-15-16-17-18-19-20-21-22-33(42)47-26-30-24-31-34-37(5,6)40(34,48-29(4)41)36(44)28(3)39(31,46)32-23-27(2)35(43)38(32,45)25-30/h11-12,14-15,23-24,28,31-32,34,36,44-46H,7-10,13,16-22,25-26H2,1-6H3/b12-11-,15-14-/t28-,31?,32?,34?,36-,38-,39-,40-/m1/s1. The zero-order chi connectivity index (χ0) is 35.3. The predicted molar refractivity (Wildman–Crippen MR) is 186 cm³/mol. The van der Waals surface area contributed by atoms with Gasteiger partial charge in [-0.1, -0.05) is 96.3 Å². The van der Waals surface area contributed by atoms with Crippen LogP contribution in [0.5, 0.6) is 0 Å². The first kappa shape index (κ1) is 38.3. The molecule has 8 nitrogen and oxygen atoms in total. The number of Topliss-reactive ketones (excluding diaryl/α,β-unsaturated/α-hetero) is 1. The molecule has 0 radical (unpaired) electrons. The van der Waals surface area contributed by atoms with E-state index < -0.39 is 63.7 Å². The largest absolute Gasteiger partial charge is 0.461 e. The van der Waals surface area contributed by atoms with E-state index in [0.29, 0.717) is 11.1 Å². The van der Waals surface area contributed by atoms with E-state index in [1.165, 1.54) is 32.6 Å². The zero-order valence-corrected chi connectivity index (χ0v) is 30.1. The van der Waals surface area contributed by atoms with Crippen molar-refractivity contribution in [2.75, 3.05) is 6.61 Å². The van der Waals surface area contributed by atoms with Crippen LogP contribution < -0.4 is 0 Å². The molecule has 2 fully saturated rings. The van der Waals surface area contributed by atoms with Crippen LogP contribution in [0.2, 0.25) is 0 Å². The van der Waals surface area contributed by atoms with E-state index in [0.717, 1.165) is 44.9 Å². The lowest BCUT2D eigenvalue weighted by Crippen LogP contribution is -2.65. The summed E-state index contributed by atoms with van der Waals surface area (Å²) < 4.78 is 11.5. The van der Waals surface area contributed by atoms with Crippen LogP contribution in [-0.2, 0) is 23.9 Å². The number of carbonyl (C=O) groups excluding carboxylic acids is 3. The van der Waals surface area contributed by atoms with Crippen LogP contribution in [0.3, 0.4) is 0 Å². The maximum atomic E-state index is 13.4. The van der Waals surface area contributed by atoms with Crippen LogP contribution in [0, 0.1) is 29.1 Å². The maximum Gasteiger partial charge on any atom is 0.306 e. The number of aliphatic hydroxyl groups is 3. The Morgan fingerprint density at radius 3 is 2.23 bits per heavy atom. The molecular weight excluding hydrogens is 608 g/mol. The molecule has 4 rings (SSSR count). The first-order valence-electron chi connectivity index (χ1n) is 18.4. The van der Waals surface area contributed by atoms with E-state index in [2.05, 4.69) is 31.2 Å². The van der Waals surface area contributed by atoms with Crippen molar-refractivity contribution in [3.63, 3.8) is 0 Å². The average Bonchev–Trinajstić information content (AvgIpc) is 3.46. The van der Waals surface area contributed by atoms with Gasteiger partial charge in [-0.05, 0) is 56.6 Å². The number of esters is 2. The van der Waals surface area contributed by atoms with Gasteiger partial charge in [0.25, 0.3) is 0 Å². The van der Waals surface area contributed by atoms with Gasteiger partial charge in [0.1, 0.15) is 17.8 Å². The molecule has 8 heteroatoms. The van der Waals surface area contributed by atoms with Gasteiger partial charge in [0, 0.05) is 48.9 Å². The number of hydrogen-bond acceptors (Lipinski definition) is 8. The lowest BCUT2D eigenvalue weighted by Gasteiger charge is -2.52. The molecule has 4 aliphatic carbocycles. The Balaban J connectivity index is 1.32. The average molecular weight is 669 g/mol. The third-order valence-corrected chi connectivity index (χ3v) is 11.9. The van der Waals surface area contributed by atoms with Crippen molar-refractivity contribution >= 4 is 17.7 Å². The Hall–Kier alpha value is -2.55. The van der Waals surface area contributed by atoms with E-state index in [1.807, 2.05) is 19.9 Å². The van der Waals surface area contributed by atoms with Crippen molar-refractivity contribution in [2.24, 2.45) is 29.1 Å². The van der Waals surface area contributed by atoms with Gasteiger partial charge >= 0.3 is 11.9 Å². The number of unbranched alkanes of at least 4 members (excludes halogenated alkanes) is 8. The Bertz CT molecular complexity index is 1310. The van der Waals surface area contributed by atoms with Crippen molar-refractivity contribution in [1.29, 1.82) is 0 Å². The Morgan fingerprint density at radius 2 is 1.58 bits per heavy atom. The summed E-state index contributed by atoms with van der Waals surface area (Å²) >= 11 is 0. The third-order valence-electron chi connectivity index (χ3n) is 11.9. The van der Waals surface area contributed by atoms with Crippen LogP contribution in [0.1, 0.15) is 125 Å². The SMILES string of the molecule is CCCCC/C=C\C/C=C\CCCCCCCC(=O)OCC1=CC2C3C(C)(C)[C@]3(OC(C)=O)[C@H](O)[C@@H](C)[C@]2(O)C2C=C(C)C(=O)[C@@]2(O)C1. The van der Waals surface area contributed by atoms with Crippen molar-refractivity contribution < 1.29 is 39.2 Å². The van der Waals surface area contributed by atoms with E-state index in [9.17, 15) is 29.7 Å².